The molecule has 0 spiro atoms. The molecule has 4 nitrogen and oxygen atoms in total. The first-order chi connectivity index (χ1) is 9.60. The predicted octanol–water partition coefficient (Wildman–Crippen LogP) is 2.94. The second kappa shape index (κ2) is 7.05. The minimum Gasteiger partial charge on any atom is -0.311 e. The fourth-order valence-corrected chi connectivity index (χ4v) is 3.42. The normalized spacial score (nSPS) is 24.2. The van der Waals surface area contributed by atoms with Gasteiger partial charge in [0.15, 0.2) is 0 Å². The fraction of sp³-hybridized carbons (Fsp3) is 0.800. The highest BCUT2D eigenvalue weighted by molar-refractivity contribution is 9.10. The molecule has 1 aromatic rings. The van der Waals surface area contributed by atoms with Crippen molar-refractivity contribution in [3.63, 3.8) is 0 Å². The molecule has 1 aliphatic heterocycles. The van der Waals surface area contributed by atoms with Crippen molar-refractivity contribution in [3.05, 3.63) is 15.9 Å². The van der Waals surface area contributed by atoms with Crippen LogP contribution in [0.4, 0.5) is 0 Å². The van der Waals surface area contributed by atoms with Crippen molar-refractivity contribution in [1.29, 1.82) is 0 Å². The number of aromatic nitrogens is 2. The first-order valence-electron chi connectivity index (χ1n) is 7.79. The Labute approximate surface area is 131 Å². The molecule has 114 valence electrons. The Morgan fingerprint density at radius 2 is 2.05 bits per heavy atom. The van der Waals surface area contributed by atoms with Crippen LogP contribution in [0.5, 0.6) is 0 Å². The van der Waals surface area contributed by atoms with Gasteiger partial charge in [-0.2, -0.15) is 5.10 Å². The molecule has 1 saturated heterocycles. The maximum Gasteiger partial charge on any atom is 0.0739 e. The van der Waals surface area contributed by atoms with Crippen LogP contribution in [0.3, 0.4) is 0 Å². The first-order valence-corrected chi connectivity index (χ1v) is 8.59. The number of rotatable bonds is 5. The van der Waals surface area contributed by atoms with Crippen molar-refractivity contribution in [1.82, 2.24) is 20.0 Å². The molecule has 20 heavy (non-hydrogen) atoms. The summed E-state index contributed by atoms with van der Waals surface area (Å²) >= 11 is 3.72. The van der Waals surface area contributed by atoms with Gasteiger partial charge in [-0.15, -0.1) is 0 Å². The number of nitrogens with zero attached hydrogens (tertiary/aromatic N) is 3. The maximum absolute atomic E-state index is 4.61. The Morgan fingerprint density at radius 1 is 1.30 bits per heavy atom. The molecule has 0 amide bonds. The van der Waals surface area contributed by atoms with Gasteiger partial charge >= 0.3 is 0 Å². The molecule has 0 saturated carbocycles. The SMILES string of the molecule is CCC1CN(Cc2c(Br)c(C)nn2CC)C(CC)CN1. The summed E-state index contributed by atoms with van der Waals surface area (Å²) in [5.74, 6) is 0. The van der Waals surface area contributed by atoms with Gasteiger partial charge in [0.25, 0.3) is 0 Å². The molecule has 0 radical (unpaired) electrons. The van der Waals surface area contributed by atoms with Crippen LogP contribution in [0.2, 0.25) is 0 Å². The molecule has 2 unspecified atom stereocenters. The quantitative estimate of drug-likeness (QED) is 0.892. The van der Waals surface area contributed by atoms with E-state index in [2.05, 4.69) is 63.6 Å². The summed E-state index contributed by atoms with van der Waals surface area (Å²) in [6, 6.07) is 1.25. The minimum atomic E-state index is 0.621. The van der Waals surface area contributed by atoms with Gasteiger partial charge in [0, 0.05) is 38.3 Å². The van der Waals surface area contributed by atoms with Gasteiger partial charge in [0.05, 0.1) is 15.9 Å². The number of hydrogen-bond donors (Lipinski definition) is 1. The highest BCUT2D eigenvalue weighted by Gasteiger charge is 2.27. The van der Waals surface area contributed by atoms with Gasteiger partial charge in [-0.05, 0) is 42.6 Å². The van der Waals surface area contributed by atoms with E-state index in [1.807, 2.05) is 0 Å². The third-order valence-corrected chi connectivity index (χ3v) is 5.41. The molecule has 2 atom stereocenters. The molecule has 2 rings (SSSR count). The van der Waals surface area contributed by atoms with E-state index < -0.39 is 0 Å². The van der Waals surface area contributed by atoms with Crippen LogP contribution in [0.1, 0.15) is 45.0 Å². The number of piperazine rings is 1. The standard InChI is InChI=1S/C15H27BrN4/c1-5-12-9-19(13(6-2)8-17-12)10-14-15(16)11(4)18-20(14)7-3/h12-13,17H,5-10H2,1-4H3. The monoisotopic (exact) mass is 342 g/mol. The zero-order valence-corrected chi connectivity index (χ0v) is 14.7. The molecule has 0 aliphatic carbocycles. The lowest BCUT2D eigenvalue weighted by Gasteiger charge is -2.40. The highest BCUT2D eigenvalue weighted by Crippen LogP contribution is 2.24. The van der Waals surface area contributed by atoms with Crippen LogP contribution in [0, 0.1) is 6.92 Å². The summed E-state index contributed by atoms with van der Waals surface area (Å²) in [7, 11) is 0. The minimum absolute atomic E-state index is 0.621. The van der Waals surface area contributed by atoms with Crippen molar-refractivity contribution < 1.29 is 0 Å². The van der Waals surface area contributed by atoms with Crippen molar-refractivity contribution in [3.8, 4) is 0 Å². The van der Waals surface area contributed by atoms with Crippen LogP contribution in [0.25, 0.3) is 0 Å². The Kier molecular flexibility index (Phi) is 5.64. The van der Waals surface area contributed by atoms with E-state index in [1.54, 1.807) is 0 Å². The third kappa shape index (κ3) is 3.26. The Morgan fingerprint density at radius 3 is 2.65 bits per heavy atom. The second-order valence-corrected chi connectivity index (χ2v) is 6.46. The first kappa shape index (κ1) is 16.0. The number of hydrogen-bond acceptors (Lipinski definition) is 3. The van der Waals surface area contributed by atoms with Crippen molar-refractivity contribution in [2.75, 3.05) is 13.1 Å². The molecule has 1 fully saturated rings. The predicted molar refractivity (Wildman–Crippen MR) is 86.9 cm³/mol. The lowest BCUT2D eigenvalue weighted by molar-refractivity contribution is 0.114. The Balaban J connectivity index is 2.17. The molecule has 0 bridgehead atoms. The molecule has 1 aromatic heterocycles. The zero-order valence-electron chi connectivity index (χ0n) is 13.1. The van der Waals surface area contributed by atoms with Gasteiger partial charge in [-0.1, -0.05) is 13.8 Å². The van der Waals surface area contributed by atoms with Crippen molar-refractivity contribution in [2.24, 2.45) is 0 Å². The van der Waals surface area contributed by atoms with Gasteiger partial charge in [-0.3, -0.25) is 9.58 Å². The van der Waals surface area contributed by atoms with E-state index in [4.69, 9.17) is 0 Å². The highest BCUT2D eigenvalue weighted by atomic mass is 79.9. The zero-order chi connectivity index (χ0) is 14.7. The molecular formula is C15H27BrN4. The van der Waals surface area contributed by atoms with Crippen molar-refractivity contribution in [2.45, 2.75) is 65.7 Å². The van der Waals surface area contributed by atoms with Crippen LogP contribution >= 0.6 is 15.9 Å². The molecular weight excluding hydrogens is 316 g/mol. The lowest BCUT2D eigenvalue weighted by atomic mass is 10.0. The molecule has 1 N–H and O–H groups in total. The number of aryl methyl sites for hydroxylation is 2. The number of nitrogens with one attached hydrogen (secondary N) is 1. The summed E-state index contributed by atoms with van der Waals surface area (Å²) in [6.45, 7) is 12.9. The van der Waals surface area contributed by atoms with Gasteiger partial charge in [0.2, 0.25) is 0 Å². The topological polar surface area (TPSA) is 33.1 Å². The van der Waals surface area contributed by atoms with E-state index in [-0.39, 0.29) is 0 Å². The van der Waals surface area contributed by atoms with E-state index in [0.29, 0.717) is 12.1 Å². The summed E-state index contributed by atoms with van der Waals surface area (Å²) in [6.07, 6.45) is 2.39. The molecule has 1 aliphatic rings. The molecule has 5 heteroatoms. The van der Waals surface area contributed by atoms with E-state index in [9.17, 15) is 0 Å². The largest absolute Gasteiger partial charge is 0.311 e. The van der Waals surface area contributed by atoms with Gasteiger partial charge < -0.3 is 5.32 Å². The van der Waals surface area contributed by atoms with E-state index in [0.717, 1.165) is 31.9 Å². The molecule has 0 aromatic carbocycles. The van der Waals surface area contributed by atoms with Crippen LogP contribution in [0.15, 0.2) is 4.47 Å². The van der Waals surface area contributed by atoms with Crippen molar-refractivity contribution >= 4 is 15.9 Å². The summed E-state index contributed by atoms with van der Waals surface area (Å²) in [4.78, 5) is 2.62. The van der Waals surface area contributed by atoms with Gasteiger partial charge in [0.1, 0.15) is 0 Å². The van der Waals surface area contributed by atoms with Gasteiger partial charge in [-0.25, -0.2) is 0 Å². The smallest absolute Gasteiger partial charge is 0.0739 e. The van der Waals surface area contributed by atoms with Crippen LogP contribution in [-0.2, 0) is 13.1 Å². The summed E-state index contributed by atoms with van der Waals surface area (Å²) in [5.41, 5.74) is 2.41. The maximum atomic E-state index is 4.61. The third-order valence-electron chi connectivity index (χ3n) is 4.38. The van der Waals surface area contributed by atoms with Crippen LogP contribution in [-0.4, -0.2) is 39.9 Å². The average Bonchev–Trinajstić information content (AvgIpc) is 2.74. The fourth-order valence-electron chi connectivity index (χ4n) is 3.01. The number of halogens is 1. The Hall–Kier alpha value is -0.390. The summed E-state index contributed by atoms with van der Waals surface area (Å²) < 4.78 is 3.32. The second-order valence-electron chi connectivity index (χ2n) is 5.67. The van der Waals surface area contributed by atoms with E-state index >= 15 is 0 Å². The van der Waals surface area contributed by atoms with Crippen LogP contribution < -0.4 is 5.32 Å². The average molecular weight is 343 g/mol. The lowest BCUT2D eigenvalue weighted by Crippen LogP contribution is -2.55. The Bertz CT molecular complexity index is 443. The molecule has 2 heterocycles. The van der Waals surface area contributed by atoms with E-state index in [1.165, 1.54) is 23.0 Å². The summed E-state index contributed by atoms with van der Waals surface area (Å²) in [5, 5.41) is 8.27.